The molecule has 0 aromatic carbocycles. The number of carbonyl (C=O) groups is 1. The second-order valence-electron chi connectivity index (χ2n) is 6.43. The summed E-state index contributed by atoms with van der Waals surface area (Å²) in [4.78, 5) is 18.4. The lowest BCUT2D eigenvalue weighted by atomic mass is 9.89. The molecular formula is C18H20N2O4. The molecule has 0 aliphatic carbocycles. The van der Waals surface area contributed by atoms with Crippen LogP contribution in [-0.2, 0) is 4.74 Å². The Labute approximate surface area is 140 Å². The van der Waals surface area contributed by atoms with Crippen LogP contribution in [0.3, 0.4) is 0 Å². The molecule has 0 unspecified atom stereocenters. The van der Waals surface area contributed by atoms with Crippen LogP contribution in [0.1, 0.15) is 29.8 Å². The van der Waals surface area contributed by atoms with E-state index >= 15 is 0 Å². The van der Waals surface area contributed by atoms with Crippen molar-refractivity contribution in [3.05, 3.63) is 48.7 Å². The van der Waals surface area contributed by atoms with Gasteiger partial charge in [0.25, 0.3) is 5.91 Å². The number of hydrogen-bond acceptors (Lipinski definition) is 5. The maximum absolute atomic E-state index is 12.5. The molecule has 2 aromatic heterocycles. The molecule has 0 saturated carbocycles. The Morgan fingerprint density at radius 2 is 2.33 bits per heavy atom. The molecule has 1 amide bonds. The molecule has 4 heterocycles. The van der Waals surface area contributed by atoms with E-state index in [1.54, 1.807) is 24.5 Å². The average molecular weight is 328 g/mol. The number of amides is 1. The fourth-order valence-electron chi connectivity index (χ4n) is 3.60. The summed E-state index contributed by atoms with van der Waals surface area (Å²) in [6.45, 7) is 1.86. The fourth-order valence-corrected chi connectivity index (χ4v) is 3.60. The van der Waals surface area contributed by atoms with Crippen LogP contribution in [0.5, 0.6) is 5.75 Å². The van der Waals surface area contributed by atoms with Gasteiger partial charge in [-0.3, -0.25) is 9.78 Å². The minimum Gasteiger partial charge on any atom is -0.486 e. The summed E-state index contributed by atoms with van der Waals surface area (Å²) in [5.74, 6) is 1.06. The summed E-state index contributed by atoms with van der Waals surface area (Å²) in [5.41, 5.74) is -0.312. The molecule has 6 heteroatoms. The van der Waals surface area contributed by atoms with Crippen LogP contribution in [0, 0.1) is 0 Å². The molecule has 4 rings (SSSR count). The predicted octanol–water partition coefficient (Wildman–Crippen LogP) is 2.52. The second-order valence-corrected chi connectivity index (χ2v) is 6.43. The minimum absolute atomic E-state index is 0.00661. The van der Waals surface area contributed by atoms with Crippen LogP contribution >= 0.6 is 0 Å². The number of pyridine rings is 1. The molecule has 0 bridgehead atoms. The maximum Gasteiger partial charge on any atom is 0.289 e. The van der Waals surface area contributed by atoms with Crippen molar-refractivity contribution in [1.82, 2.24) is 9.88 Å². The zero-order valence-electron chi connectivity index (χ0n) is 13.4. The molecule has 2 aromatic rings. The highest BCUT2D eigenvalue weighted by Crippen LogP contribution is 2.36. The van der Waals surface area contributed by atoms with E-state index in [4.69, 9.17) is 13.9 Å². The lowest BCUT2D eigenvalue weighted by molar-refractivity contribution is -0.0458. The van der Waals surface area contributed by atoms with Gasteiger partial charge in [0.1, 0.15) is 11.9 Å². The van der Waals surface area contributed by atoms with Crippen LogP contribution in [0.4, 0.5) is 0 Å². The van der Waals surface area contributed by atoms with Crippen molar-refractivity contribution in [2.75, 3.05) is 19.7 Å². The first kappa shape index (κ1) is 15.2. The van der Waals surface area contributed by atoms with Crippen LogP contribution in [0.2, 0.25) is 0 Å². The van der Waals surface area contributed by atoms with Crippen LogP contribution < -0.4 is 4.74 Å². The zero-order valence-corrected chi connectivity index (χ0v) is 13.4. The molecule has 2 atom stereocenters. The topological polar surface area (TPSA) is 64.8 Å². The minimum atomic E-state index is -0.312. The van der Waals surface area contributed by atoms with Crippen molar-refractivity contribution in [3.8, 4) is 5.75 Å². The molecule has 24 heavy (non-hydrogen) atoms. The van der Waals surface area contributed by atoms with E-state index in [-0.39, 0.29) is 17.6 Å². The standard InChI is InChI=1S/C18H20N2O4/c21-17(16-5-2-9-22-16)20-8-3-6-18(13-20)10-15(12-23-18)24-14-4-1-7-19-11-14/h1-2,4-5,7,9,11,15H,3,6,8,10,12-13H2/t15-,18+/m1/s1. The van der Waals surface area contributed by atoms with Gasteiger partial charge < -0.3 is 18.8 Å². The highest BCUT2D eigenvalue weighted by Gasteiger charge is 2.45. The molecule has 2 aliphatic heterocycles. The number of hydrogen-bond donors (Lipinski definition) is 0. The Hall–Kier alpha value is -2.34. The summed E-state index contributed by atoms with van der Waals surface area (Å²) in [6.07, 6.45) is 7.60. The van der Waals surface area contributed by atoms with Gasteiger partial charge in [0.2, 0.25) is 0 Å². The maximum atomic E-state index is 12.5. The third-order valence-corrected chi connectivity index (χ3v) is 4.67. The highest BCUT2D eigenvalue weighted by atomic mass is 16.6. The third kappa shape index (κ3) is 3.01. The number of carbonyl (C=O) groups excluding carboxylic acids is 1. The number of rotatable bonds is 3. The van der Waals surface area contributed by atoms with Crippen LogP contribution in [0.25, 0.3) is 0 Å². The van der Waals surface area contributed by atoms with Crippen molar-refractivity contribution in [3.63, 3.8) is 0 Å². The molecule has 2 saturated heterocycles. The zero-order chi connectivity index (χ0) is 16.4. The van der Waals surface area contributed by atoms with Crippen molar-refractivity contribution < 1.29 is 18.7 Å². The van der Waals surface area contributed by atoms with E-state index in [1.165, 1.54) is 6.26 Å². The molecule has 2 aliphatic rings. The number of piperidine rings is 1. The lowest BCUT2D eigenvalue weighted by Gasteiger charge is -2.39. The number of nitrogens with zero attached hydrogens (tertiary/aromatic N) is 2. The van der Waals surface area contributed by atoms with Crippen molar-refractivity contribution in [2.45, 2.75) is 31.0 Å². The Kier molecular flexibility index (Phi) is 3.98. The van der Waals surface area contributed by atoms with Gasteiger partial charge in [-0.15, -0.1) is 0 Å². The van der Waals surface area contributed by atoms with Gasteiger partial charge in [0.05, 0.1) is 31.2 Å². The van der Waals surface area contributed by atoms with E-state index in [9.17, 15) is 4.79 Å². The lowest BCUT2D eigenvalue weighted by Crippen LogP contribution is -2.50. The molecule has 2 fully saturated rings. The quantitative estimate of drug-likeness (QED) is 0.866. The Morgan fingerprint density at radius 3 is 3.12 bits per heavy atom. The molecular weight excluding hydrogens is 308 g/mol. The van der Waals surface area contributed by atoms with Gasteiger partial charge in [-0.25, -0.2) is 0 Å². The monoisotopic (exact) mass is 328 g/mol. The first-order chi connectivity index (χ1) is 11.7. The van der Waals surface area contributed by atoms with Gasteiger partial charge in [-0.1, -0.05) is 0 Å². The number of likely N-dealkylation sites (tertiary alicyclic amines) is 1. The average Bonchev–Trinajstić information content (AvgIpc) is 3.26. The SMILES string of the molecule is O=C(c1ccco1)N1CCC[C@]2(C[C@@H](Oc3cccnc3)CO2)C1. The van der Waals surface area contributed by atoms with Crippen molar-refractivity contribution in [1.29, 1.82) is 0 Å². The van der Waals surface area contributed by atoms with E-state index in [0.29, 0.717) is 18.9 Å². The Bertz CT molecular complexity index is 688. The largest absolute Gasteiger partial charge is 0.486 e. The highest BCUT2D eigenvalue weighted by molar-refractivity contribution is 5.91. The van der Waals surface area contributed by atoms with Gasteiger partial charge in [0, 0.05) is 19.2 Å². The fraction of sp³-hybridized carbons (Fsp3) is 0.444. The molecule has 126 valence electrons. The molecule has 1 spiro atoms. The molecule has 0 radical (unpaired) electrons. The van der Waals surface area contributed by atoms with E-state index < -0.39 is 0 Å². The third-order valence-electron chi connectivity index (χ3n) is 4.67. The summed E-state index contributed by atoms with van der Waals surface area (Å²) in [7, 11) is 0. The van der Waals surface area contributed by atoms with Crippen molar-refractivity contribution in [2.24, 2.45) is 0 Å². The van der Waals surface area contributed by atoms with E-state index in [1.807, 2.05) is 17.0 Å². The first-order valence-corrected chi connectivity index (χ1v) is 8.28. The second kappa shape index (κ2) is 6.28. The van der Waals surface area contributed by atoms with Crippen LogP contribution in [-0.4, -0.2) is 47.2 Å². The van der Waals surface area contributed by atoms with E-state index in [2.05, 4.69) is 4.98 Å². The number of ether oxygens (including phenoxy) is 2. The van der Waals surface area contributed by atoms with Gasteiger partial charge in [-0.2, -0.15) is 0 Å². The number of aromatic nitrogens is 1. The summed E-state index contributed by atoms with van der Waals surface area (Å²) in [6, 6.07) is 7.18. The summed E-state index contributed by atoms with van der Waals surface area (Å²) in [5, 5.41) is 0. The first-order valence-electron chi connectivity index (χ1n) is 8.28. The van der Waals surface area contributed by atoms with Crippen LogP contribution in [0.15, 0.2) is 47.3 Å². The predicted molar refractivity (Wildman–Crippen MR) is 85.8 cm³/mol. The Morgan fingerprint density at radius 1 is 1.38 bits per heavy atom. The normalized spacial score (nSPS) is 26.7. The van der Waals surface area contributed by atoms with Crippen molar-refractivity contribution >= 4 is 5.91 Å². The summed E-state index contributed by atoms with van der Waals surface area (Å²) >= 11 is 0. The number of furan rings is 1. The van der Waals surface area contributed by atoms with Gasteiger partial charge in [0.15, 0.2) is 5.76 Å². The molecule has 0 N–H and O–H groups in total. The smallest absolute Gasteiger partial charge is 0.289 e. The van der Waals surface area contributed by atoms with Gasteiger partial charge in [-0.05, 0) is 37.1 Å². The van der Waals surface area contributed by atoms with E-state index in [0.717, 1.165) is 31.6 Å². The summed E-state index contributed by atoms with van der Waals surface area (Å²) < 4.78 is 17.3. The van der Waals surface area contributed by atoms with Gasteiger partial charge >= 0.3 is 0 Å². The Balaban J connectivity index is 1.41. The molecule has 6 nitrogen and oxygen atoms in total.